The van der Waals surface area contributed by atoms with E-state index < -0.39 is 30.7 Å². The van der Waals surface area contributed by atoms with Crippen LogP contribution in [-0.2, 0) is 24.5 Å². The lowest BCUT2D eigenvalue weighted by Crippen LogP contribution is -2.36. The quantitative estimate of drug-likeness (QED) is 0.792. The number of hydrogen-bond acceptors (Lipinski definition) is 6. The summed E-state index contributed by atoms with van der Waals surface area (Å²) in [5.41, 5.74) is 1.17. The fourth-order valence-electron chi connectivity index (χ4n) is 1.86. The van der Waals surface area contributed by atoms with Gasteiger partial charge in [0, 0.05) is 0 Å². The Hall–Kier alpha value is -2.57. The minimum Gasteiger partial charge on any atom is -0.479 e. The molecule has 7 nitrogen and oxygen atoms in total. The van der Waals surface area contributed by atoms with Gasteiger partial charge >= 0.3 is 12.1 Å². The van der Waals surface area contributed by atoms with Gasteiger partial charge in [0.25, 0.3) is 5.91 Å². The zero-order valence-electron chi connectivity index (χ0n) is 15.3. The van der Waals surface area contributed by atoms with Crippen molar-refractivity contribution in [2.75, 3.05) is 13.2 Å². The van der Waals surface area contributed by atoms with Crippen LogP contribution in [0.3, 0.4) is 0 Å². The standard InChI is InChI=1S/C18H25NO6/c1-6-23-17(22)19-15(20)11-24-16(21)12(2)25-14-9-7-13(8-10-14)18(3,4)5/h7-10,12H,6,11H2,1-5H3,(H,19,20,22)/t12-/m1/s1. The second-order valence-electron chi connectivity index (χ2n) is 6.41. The number of carbonyl (C=O) groups is 3. The summed E-state index contributed by atoms with van der Waals surface area (Å²) < 4.78 is 14.9. The Labute approximate surface area is 147 Å². The normalized spacial score (nSPS) is 12.0. The van der Waals surface area contributed by atoms with E-state index in [4.69, 9.17) is 9.47 Å². The van der Waals surface area contributed by atoms with Crippen LogP contribution in [0.1, 0.15) is 40.2 Å². The van der Waals surface area contributed by atoms with Crippen molar-refractivity contribution in [3.8, 4) is 5.75 Å². The number of nitrogens with one attached hydrogen (secondary N) is 1. The second-order valence-corrected chi connectivity index (χ2v) is 6.41. The number of ether oxygens (including phenoxy) is 3. The number of imide groups is 1. The van der Waals surface area contributed by atoms with Crippen LogP contribution < -0.4 is 10.1 Å². The maximum Gasteiger partial charge on any atom is 0.413 e. The van der Waals surface area contributed by atoms with Crippen molar-refractivity contribution in [2.45, 2.75) is 46.1 Å². The summed E-state index contributed by atoms with van der Waals surface area (Å²) in [5, 5.41) is 1.93. The van der Waals surface area contributed by atoms with Gasteiger partial charge < -0.3 is 14.2 Å². The van der Waals surface area contributed by atoms with E-state index in [0.29, 0.717) is 5.75 Å². The van der Waals surface area contributed by atoms with Crippen LogP contribution >= 0.6 is 0 Å². The van der Waals surface area contributed by atoms with E-state index in [1.54, 1.807) is 19.1 Å². The first kappa shape index (κ1) is 20.5. The van der Waals surface area contributed by atoms with Crippen molar-refractivity contribution in [3.63, 3.8) is 0 Å². The fraction of sp³-hybridized carbons (Fsp3) is 0.500. The Morgan fingerprint density at radius 1 is 1.08 bits per heavy atom. The molecule has 0 unspecified atom stereocenters. The van der Waals surface area contributed by atoms with E-state index in [1.807, 2.05) is 17.4 Å². The number of rotatable bonds is 6. The molecule has 0 bridgehead atoms. The van der Waals surface area contributed by atoms with E-state index in [9.17, 15) is 14.4 Å². The largest absolute Gasteiger partial charge is 0.479 e. The summed E-state index contributed by atoms with van der Waals surface area (Å²) in [7, 11) is 0. The maximum atomic E-state index is 11.8. The third-order valence-electron chi connectivity index (χ3n) is 3.23. The van der Waals surface area contributed by atoms with Crippen molar-refractivity contribution < 1.29 is 28.6 Å². The third kappa shape index (κ3) is 7.24. The fourth-order valence-corrected chi connectivity index (χ4v) is 1.86. The molecule has 1 rings (SSSR count). The number of amides is 2. The van der Waals surface area contributed by atoms with Gasteiger partial charge in [0.2, 0.25) is 0 Å². The predicted octanol–water partition coefficient (Wildman–Crippen LogP) is 2.57. The molecule has 1 aromatic carbocycles. The zero-order chi connectivity index (χ0) is 19.0. The molecule has 0 radical (unpaired) electrons. The molecule has 7 heteroatoms. The summed E-state index contributed by atoms with van der Waals surface area (Å²) in [4.78, 5) is 34.3. The lowest BCUT2D eigenvalue weighted by molar-refractivity contribution is -0.154. The minimum atomic E-state index is -0.893. The lowest BCUT2D eigenvalue weighted by atomic mass is 9.87. The molecule has 0 aliphatic heterocycles. The van der Waals surface area contributed by atoms with Crippen LogP contribution in [0.4, 0.5) is 4.79 Å². The highest BCUT2D eigenvalue weighted by atomic mass is 16.6. The highest BCUT2D eigenvalue weighted by Gasteiger charge is 2.19. The molecule has 1 aromatic rings. The lowest BCUT2D eigenvalue weighted by Gasteiger charge is -2.20. The zero-order valence-corrected chi connectivity index (χ0v) is 15.3. The van der Waals surface area contributed by atoms with Gasteiger partial charge in [-0.05, 0) is 37.0 Å². The molecule has 138 valence electrons. The molecule has 1 N–H and O–H groups in total. The monoisotopic (exact) mass is 351 g/mol. The molecule has 25 heavy (non-hydrogen) atoms. The van der Waals surface area contributed by atoms with Crippen molar-refractivity contribution in [2.24, 2.45) is 0 Å². The second kappa shape index (κ2) is 9.05. The molecule has 0 heterocycles. The van der Waals surface area contributed by atoms with Crippen molar-refractivity contribution in [1.82, 2.24) is 5.32 Å². The highest BCUT2D eigenvalue weighted by Crippen LogP contribution is 2.24. The van der Waals surface area contributed by atoms with Gasteiger partial charge in [0.1, 0.15) is 5.75 Å². The average Bonchev–Trinajstić information content (AvgIpc) is 2.52. The van der Waals surface area contributed by atoms with Gasteiger partial charge in [-0.2, -0.15) is 0 Å². The van der Waals surface area contributed by atoms with Gasteiger partial charge in [-0.3, -0.25) is 10.1 Å². The Morgan fingerprint density at radius 2 is 1.68 bits per heavy atom. The summed E-state index contributed by atoms with van der Waals surface area (Å²) in [6, 6.07) is 7.41. The van der Waals surface area contributed by atoms with E-state index >= 15 is 0 Å². The Kier molecular flexibility index (Phi) is 7.42. The van der Waals surface area contributed by atoms with Gasteiger partial charge in [-0.25, -0.2) is 9.59 Å². The number of esters is 1. The molecule has 0 saturated carbocycles. The maximum absolute atomic E-state index is 11.8. The first-order valence-electron chi connectivity index (χ1n) is 8.04. The molecular weight excluding hydrogens is 326 g/mol. The van der Waals surface area contributed by atoms with E-state index in [1.165, 1.54) is 6.92 Å². The molecule has 0 spiro atoms. The average molecular weight is 351 g/mol. The number of benzene rings is 1. The van der Waals surface area contributed by atoms with Crippen molar-refractivity contribution in [3.05, 3.63) is 29.8 Å². The van der Waals surface area contributed by atoms with Crippen LogP contribution in [-0.4, -0.2) is 37.3 Å². The first-order valence-corrected chi connectivity index (χ1v) is 8.04. The molecule has 0 aliphatic rings. The van der Waals surface area contributed by atoms with Gasteiger partial charge in [0.05, 0.1) is 6.61 Å². The molecule has 2 amide bonds. The van der Waals surface area contributed by atoms with Crippen LogP contribution in [0, 0.1) is 0 Å². The summed E-state index contributed by atoms with van der Waals surface area (Å²) in [6.45, 7) is 8.98. The minimum absolute atomic E-state index is 0.0232. The van der Waals surface area contributed by atoms with Crippen LogP contribution in [0.25, 0.3) is 0 Å². The molecule has 1 atom stereocenters. The number of carbonyl (C=O) groups excluding carboxylic acids is 3. The molecular formula is C18H25NO6. The Bertz CT molecular complexity index is 603. The van der Waals surface area contributed by atoms with Crippen LogP contribution in [0.15, 0.2) is 24.3 Å². The number of alkyl carbamates (subject to hydrolysis) is 1. The SMILES string of the molecule is CCOC(=O)NC(=O)COC(=O)[C@@H](C)Oc1ccc(C(C)(C)C)cc1. The van der Waals surface area contributed by atoms with Crippen molar-refractivity contribution >= 4 is 18.0 Å². The Balaban J connectivity index is 2.46. The summed E-state index contributed by atoms with van der Waals surface area (Å²) in [5.74, 6) is -0.958. The molecule has 0 aromatic heterocycles. The molecule has 0 aliphatic carbocycles. The predicted molar refractivity (Wildman–Crippen MR) is 91.4 cm³/mol. The van der Waals surface area contributed by atoms with E-state index in [-0.39, 0.29) is 12.0 Å². The van der Waals surface area contributed by atoms with Gasteiger partial charge in [0.15, 0.2) is 12.7 Å². The van der Waals surface area contributed by atoms with Crippen LogP contribution in [0.5, 0.6) is 5.75 Å². The van der Waals surface area contributed by atoms with E-state index in [2.05, 4.69) is 25.5 Å². The summed E-state index contributed by atoms with van der Waals surface area (Å²) in [6.07, 6.45) is -1.78. The third-order valence-corrected chi connectivity index (χ3v) is 3.23. The first-order chi connectivity index (χ1) is 11.6. The van der Waals surface area contributed by atoms with Crippen LogP contribution in [0.2, 0.25) is 0 Å². The molecule has 0 saturated heterocycles. The summed E-state index contributed by atoms with van der Waals surface area (Å²) >= 11 is 0. The highest BCUT2D eigenvalue weighted by molar-refractivity contribution is 5.93. The topological polar surface area (TPSA) is 90.9 Å². The molecule has 0 fully saturated rings. The van der Waals surface area contributed by atoms with Gasteiger partial charge in [-0.1, -0.05) is 32.9 Å². The van der Waals surface area contributed by atoms with Gasteiger partial charge in [-0.15, -0.1) is 0 Å². The van der Waals surface area contributed by atoms with E-state index in [0.717, 1.165) is 5.56 Å². The Morgan fingerprint density at radius 3 is 2.20 bits per heavy atom. The number of hydrogen-bond donors (Lipinski definition) is 1. The smallest absolute Gasteiger partial charge is 0.413 e. The van der Waals surface area contributed by atoms with Crippen molar-refractivity contribution in [1.29, 1.82) is 0 Å².